The lowest BCUT2D eigenvalue weighted by Crippen LogP contribution is -2.45. The third kappa shape index (κ3) is 9.52. The molecule has 1 saturated carbocycles. The highest BCUT2D eigenvalue weighted by Crippen LogP contribution is 2.26. The Hall–Kier alpha value is -6.73. The second-order valence-corrected chi connectivity index (χ2v) is 16.0. The number of nitrogens with zero attached hydrogens (tertiary/aromatic N) is 6. The summed E-state index contributed by atoms with van der Waals surface area (Å²) in [5.41, 5.74) is -0.872. The van der Waals surface area contributed by atoms with E-state index in [1.165, 1.54) is 72.7 Å². The van der Waals surface area contributed by atoms with Crippen LogP contribution < -0.4 is 21.3 Å². The number of aryl methyl sites for hydroxylation is 1. The van der Waals surface area contributed by atoms with Crippen LogP contribution in [0.2, 0.25) is 0 Å². The molecule has 0 spiro atoms. The molecule has 7 rings (SSSR count). The number of benzene rings is 2. The van der Waals surface area contributed by atoms with Crippen LogP contribution in [0.3, 0.4) is 0 Å². The van der Waals surface area contributed by atoms with Gasteiger partial charge in [-0.3, -0.25) is 28.8 Å². The lowest BCUT2D eigenvalue weighted by atomic mass is 9.97. The number of halogens is 2. The van der Waals surface area contributed by atoms with Crippen LogP contribution in [0.1, 0.15) is 60.9 Å². The van der Waals surface area contributed by atoms with Crippen molar-refractivity contribution < 1.29 is 36.3 Å². The number of hydrogen-bond acceptors (Lipinski definition) is 12. The molecule has 1 aliphatic rings. The third-order valence-corrected chi connectivity index (χ3v) is 11.5. The van der Waals surface area contributed by atoms with E-state index in [4.69, 9.17) is 9.47 Å². The number of pyridine rings is 2. The van der Waals surface area contributed by atoms with Gasteiger partial charge in [0, 0.05) is 56.0 Å². The minimum atomic E-state index is -4.43. The van der Waals surface area contributed by atoms with Crippen molar-refractivity contribution in [3.05, 3.63) is 135 Å². The summed E-state index contributed by atoms with van der Waals surface area (Å²) in [5.74, 6) is -4.07. The van der Waals surface area contributed by atoms with Gasteiger partial charge in [0.1, 0.15) is 30.4 Å². The molecule has 0 radical (unpaired) electrons. The van der Waals surface area contributed by atoms with Crippen LogP contribution in [0, 0.1) is 11.6 Å². The highest BCUT2D eigenvalue weighted by molar-refractivity contribution is 7.92. The van der Waals surface area contributed by atoms with Crippen molar-refractivity contribution in [2.45, 2.75) is 69.1 Å². The van der Waals surface area contributed by atoms with Gasteiger partial charge in [0.05, 0.1) is 45.1 Å². The number of nitrogens with one attached hydrogen (secondary N) is 2. The molecule has 1 atom stereocenters. The smallest absolute Gasteiger partial charge is 0.335 e. The Labute approximate surface area is 347 Å². The first-order chi connectivity index (χ1) is 29.3. The maximum Gasteiger partial charge on any atom is 0.335 e. The summed E-state index contributed by atoms with van der Waals surface area (Å²) >= 11 is 0. The molecule has 316 valence electrons. The van der Waals surface area contributed by atoms with Gasteiger partial charge in [-0.1, -0.05) is 18.6 Å². The molecule has 16 nitrogen and oxygen atoms in total. The van der Waals surface area contributed by atoms with Gasteiger partial charge in [-0.15, -0.1) is 0 Å². The van der Waals surface area contributed by atoms with E-state index in [-0.39, 0.29) is 34.7 Å². The molecule has 0 bridgehead atoms. The first kappa shape index (κ1) is 42.4. The van der Waals surface area contributed by atoms with Gasteiger partial charge < -0.3 is 14.8 Å². The molecule has 0 saturated heterocycles. The normalized spacial score (nSPS) is 13.8. The largest absolute Gasteiger partial charge is 0.461 e. The van der Waals surface area contributed by atoms with Crippen LogP contribution in [0.15, 0.2) is 100 Å². The van der Waals surface area contributed by atoms with E-state index in [1.54, 1.807) is 12.4 Å². The monoisotopic (exact) mass is 854 g/mol. The Bertz CT molecular complexity index is 2810. The second-order valence-electron chi connectivity index (χ2n) is 14.3. The van der Waals surface area contributed by atoms with Crippen LogP contribution >= 0.6 is 0 Å². The summed E-state index contributed by atoms with van der Waals surface area (Å²) in [4.78, 5) is 70.0. The number of carbonyl (C=O) groups excluding carboxylic acids is 2. The molecule has 1 amide bonds. The molecule has 4 heterocycles. The zero-order valence-corrected chi connectivity index (χ0v) is 33.8. The molecule has 0 aliphatic heterocycles. The SMILES string of the molecule is CCOCc1ncc(-c2ccc(S(=O)(=O)Nc3cc(F)c(C(=O)N[C@@H](Cc4ccc(-n5c(=O)c6ccncc6n(C)c5=O)cn4)C(=O)OC4CCCCC4)cc3F)cc2)cn1. The lowest BCUT2D eigenvalue weighted by Gasteiger charge is -2.25. The Kier molecular flexibility index (Phi) is 12.7. The van der Waals surface area contributed by atoms with Crippen molar-refractivity contribution in [1.82, 2.24) is 34.4 Å². The fraction of sp³-hybridized carbons (Fsp3) is 0.286. The van der Waals surface area contributed by atoms with E-state index < -0.39 is 68.2 Å². The highest BCUT2D eigenvalue weighted by atomic mass is 32.2. The summed E-state index contributed by atoms with van der Waals surface area (Å²) in [6.45, 7) is 2.60. The van der Waals surface area contributed by atoms with E-state index >= 15 is 8.78 Å². The van der Waals surface area contributed by atoms with Crippen molar-refractivity contribution >= 4 is 38.5 Å². The van der Waals surface area contributed by atoms with Crippen LogP contribution in [0.25, 0.3) is 27.7 Å². The summed E-state index contributed by atoms with van der Waals surface area (Å²) < 4.78 is 72.8. The van der Waals surface area contributed by atoms with Gasteiger partial charge >= 0.3 is 11.7 Å². The second kappa shape index (κ2) is 18.3. The minimum Gasteiger partial charge on any atom is -0.461 e. The van der Waals surface area contributed by atoms with Crippen molar-refractivity contribution in [2.75, 3.05) is 11.3 Å². The van der Waals surface area contributed by atoms with Gasteiger partial charge in [-0.2, -0.15) is 0 Å². The fourth-order valence-electron chi connectivity index (χ4n) is 6.86. The van der Waals surface area contributed by atoms with E-state index in [9.17, 15) is 27.6 Å². The molecule has 1 aliphatic carbocycles. The molecule has 4 aromatic heterocycles. The molecule has 61 heavy (non-hydrogen) atoms. The number of rotatable bonds is 14. The number of sulfonamides is 1. The molecule has 6 aromatic rings. The topological polar surface area (TPSA) is 206 Å². The molecule has 19 heteroatoms. The Balaban J connectivity index is 1.08. The Morgan fingerprint density at radius 2 is 1.64 bits per heavy atom. The highest BCUT2D eigenvalue weighted by Gasteiger charge is 2.29. The molecular formula is C42H40F2N8O8S. The standard InChI is InChI=1S/C42H40F2N8O8S/c1-3-59-24-38-47-20-26(21-48-38)25-9-13-30(14-10-25)61(57,58)50-35-19-33(43)32(18-34(35)44)39(53)49-36(41(55)60-29-7-5-4-6-8-29)17-27-11-12-28(22-46-27)52-40(54)31-15-16-45-23-37(31)51(2)42(52)56/h9-16,18-23,29,36,50H,3-8,17,24H2,1-2H3,(H,49,53)/t36-/m0/s1. The van der Waals surface area contributed by atoms with Gasteiger partial charge in [-0.25, -0.2) is 41.3 Å². The number of hydrogen-bond donors (Lipinski definition) is 2. The Morgan fingerprint density at radius 3 is 2.33 bits per heavy atom. The molecule has 2 aromatic carbocycles. The van der Waals surface area contributed by atoms with Gasteiger partial charge in [-0.05, 0) is 74.6 Å². The summed E-state index contributed by atoms with van der Waals surface area (Å²) in [7, 11) is -2.93. The zero-order chi connectivity index (χ0) is 43.3. The predicted molar refractivity (Wildman–Crippen MR) is 218 cm³/mol. The molecule has 2 N–H and O–H groups in total. The number of anilines is 1. The average Bonchev–Trinajstić information content (AvgIpc) is 3.27. The van der Waals surface area contributed by atoms with Crippen LogP contribution in [0.5, 0.6) is 0 Å². The fourth-order valence-corrected chi connectivity index (χ4v) is 7.92. The zero-order valence-electron chi connectivity index (χ0n) is 33.0. The van der Waals surface area contributed by atoms with Crippen LogP contribution in [0.4, 0.5) is 14.5 Å². The molecule has 1 fully saturated rings. The lowest BCUT2D eigenvalue weighted by molar-refractivity contribution is -0.152. The number of carbonyl (C=O) groups is 2. The molecule has 0 unspecified atom stereocenters. The number of amides is 1. The first-order valence-electron chi connectivity index (χ1n) is 19.4. The van der Waals surface area contributed by atoms with Crippen LogP contribution in [-0.2, 0) is 44.4 Å². The average molecular weight is 855 g/mol. The number of aromatic nitrogens is 6. The predicted octanol–water partition coefficient (Wildman–Crippen LogP) is 4.77. The van der Waals surface area contributed by atoms with Crippen molar-refractivity contribution in [3.63, 3.8) is 0 Å². The van der Waals surface area contributed by atoms with E-state index in [0.29, 0.717) is 54.0 Å². The van der Waals surface area contributed by atoms with E-state index in [1.807, 2.05) is 11.6 Å². The number of ether oxygens (including phenoxy) is 2. The van der Waals surface area contributed by atoms with E-state index in [0.717, 1.165) is 23.8 Å². The van der Waals surface area contributed by atoms with Crippen LogP contribution in [-0.4, -0.2) is 68.1 Å². The van der Waals surface area contributed by atoms with Crippen molar-refractivity contribution in [1.29, 1.82) is 0 Å². The summed E-state index contributed by atoms with van der Waals surface area (Å²) in [6, 6.07) is 9.58. The number of esters is 1. The van der Waals surface area contributed by atoms with Crippen molar-refractivity contribution in [2.24, 2.45) is 7.05 Å². The molecular weight excluding hydrogens is 815 g/mol. The van der Waals surface area contributed by atoms with Gasteiger partial charge in [0.25, 0.3) is 21.5 Å². The maximum absolute atomic E-state index is 15.6. The maximum atomic E-state index is 15.6. The summed E-state index contributed by atoms with van der Waals surface area (Å²) in [5, 5.41) is 2.68. The first-order valence-corrected chi connectivity index (χ1v) is 20.8. The van der Waals surface area contributed by atoms with Gasteiger partial charge in [0.2, 0.25) is 0 Å². The third-order valence-electron chi connectivity index (χ3n) is 10.2. The van der Waals surface area contributed by atoms with Crippen molar-refractivity contribution in [3.8, 4) is 16.8 Å². The summed E-state index contributed by atoms with van der Waals surface area (Å²) in [6.07, 6.45) is 10.5. The minimum absolute atomic E-state index is 0.137. The van der Waals surface area contributed by atoms with E-state index in [2.05, 4.69) is 25.3 Å². The van der Waals surface area contributed by atoms with Gasteiger partial charge in [0.15, 0.2) is 5.82 Å². The number of fused-ring (bicyclic) bond motifs is 1. The quantitative estimate of drug-likeness (QED) is 0.142. The Morgan fingerprint density at radius 1 is 0.902 bits per heavy atom.